The molecular weight excluding hydrogens is 384 g/mol. The summed E-state index contributed by atoms with van der Waals surface area (Å²) in [5.74, 6) is 0.350. The lowest BCUT2D eigenvalue weighted by Gasteiger charge is -2.44. The number of carbonyl (C=O) groups excluding carboxylic acids is 2. The van der Waals surface area contributed by atoms with E-state index in [1.54, 1.807) is 41.3 Å². The summed E-state index contributed by atoms with van der Waals surface area (Å²) in [5, 5.41) is 10.7. The Morgan fingerprint density at radius 1 is 1.03 bits per heavy atom. The van der Waals surface area contributed by atoms with E-state index in [9.17, 15) is 14.4 Å². The van der Waals surface area contributed by atoms with Crippen LogP contribution in [0.25, 0.3) is 10.8 Å². The van der Waals surface area contributed by atoms with Crippen LogP contribution in [-0.4, -0.2) is 45.7 Å². The van der Waals surface area contributed by atoms with E-state index >= 15 is 0 Å². The van der Waals surface area contributed by atoms with E-state index in [4.69, 9.17) is 4.74 Å². The van der Waals surface area contributed by atoms with Crippen molar-refractivity contribution in [3.63, 3.8) is 0 Å². The molecule has 1 fully saturated rings. The number of ether oxygens (including phenoxy) is 1. The predicted molar refractivity (Wildman–Crippen MR) is 109 cm³/mol. The maximum absolute atomic E-state index is 12.9. The average Bonchev–Trinajstić information content (AvgIpc) is 2.76. The number of piperidine rings is 1. The zero-order valence-corrected chi connectivity index (χ0v) is 16.2. The molecule has 0 radical (unpaired) electrons. The molecule has 0 unspecified atom stereocenters. The third kappa shape index (κ3) is 3.10. The van der Waals surface area contributed by atoms with Gasteiger partial charge < -0.3 is 15.0 Å². The second-order valence-corrected chi connectivity index (χ2v) is 7.65. The molecule has 152 valence electrons. The van der Waals surface area contributed by atoms with Gasteiger partial charge >= 0.3 is 0 Å². The zero-order chi connectivity index (χ0) is 20.7. The Morgan fingerprint density at radius 2 is 1.73 bits per heavy atom. The van der Waals surface area contributed by atoms with Crippen molar-refractivity contribution in [2.24, 2.45) is 0 Å². The molecule has 3 aromatic rings. The topological polar surface area (TPSA) is 104 Å². The number of nitrogens with zero attached hydrogens (tertiary/aromatic N) is 2. The van der Waals surface area contributed by atoms with Gasteiger partial charge in [-0.1, -0.05) is 30.3 Å². The van der Waals surface area contributed by atoms with Crippen LogP contribution >= 0.6 is 0 Å². The maximum Gasteiger partial charge on any atom is 0.272 e. The molecule has 8 heteroatoms. The van der Waals surface area contributed by atoms with Gasteiger partial charge in [0.25, 0.3) is 11.5 Å². The summed E-state index contributed by atoms with van der Waals surface area (Å²) >= 11 is 0. The Hall–Kier alpha value is -3.68. The van der Waals surface area contributed by atoms with E-state index in [1.807, 2.05) is 12.1 Å². The van der Waals surface area contributed by atoms with E-state index in [-0.39, 0.29) is 23.8 Å². The minimum atomic E-state index is -0.787. The first-order chi connectivity index (χ1) is 14.5. The van der Waals surface area contributed by atoms with Crippen molar-refractivity contribution in [3.05, 3.63) is 70.1 Å². The quantitative estimate of drug-likeness (QED) is 0.675. The van der Waals surface area contributed by atoms with Crippen molar-refractivity contribution in [2.75, 3.05) is 13.1 Å². The Bertz CT molecular complexity index is 1210. The first-order valence-electron chi connectivity index (χ1n) is 9.89. The van der Waals surface area contributed by atoms with Crippen LogP contribution in [0.4, 0.5) is 0 Å². The third-order valence-corrected chi connectivity index (χ3v) is 5.80. The summed E-state index contributed by atoms with van der Waals surface area (Å²) in [6, 6.07) is 14.3. The highest BCUT2D eigenvalue weighted by Crippen LogP contribution is 2.33. The van der Waals surface area contributed by atoms with Gasteiger partial charge in [-0.25, -0.2) is 5.10 Å². The molecule has 5 rings (SSSR count). The summed E-state index contributed by atoms with van der Waals surface area (Å²) < 4.78 is 6.13. The zero-order valence-electron chi connectivity index (χ0n) is 16.2. The first-order valence-corrected chi connectivity index (χ1v) is 9.89. The summed E-state index contributed by atoms with van der Waals surface area (Å²) in [6.45, 7) is 0.922. The number of hydrogen-bond acceptors (Lipinski definition) is 5. The summed E-state index contributed by atoms with van der Waals surface area (Å²) in [7, 11) is 0. The van der Waals surface area contributed by atoms with Crippen LogP contribution < -0.4 is 15.6 Å². The van der Waals surface area contributed by atoms with Crippen molar-refractivity contribution in [3.8, 4) is 5.75 Å². The number of benzene rings is 2. The van der Waals surface area contributed by atoms with E-state index < -0.39 is 5.72 Å². The summed E-state index contributed by atoms with van der Waals surface area (Å²) in [6.07, 6.45) is 1.09. The molecule has 0 aliphatic carbocycles. The summed E-state index contributed by atoms with van der Waals surface area (Å²) in [4.78, 5) is 39.0. The van der Waals surface area contributed by atoms with E-state index in [1.165, 1.54) is 0 Å². The predicted octanol–water partition coefficient (Wildman–Crippen LogP) is 1.61. The van der Waals surface area contributed by atoms with E-state index in [0.29, 0.717) is 53.7 Å². The van der Waals surface area contributed by atoms with Crippen molar-refractivity contribution < 1.29 is 14.3 Å². The third-order valence-electron chi connectivity index (χ3n) is 5.80. The fraction of sp³-hybridized carbons (Fsp3) is 0.273. The van der Waals surface area contributed by atoms with Gasteiger partial charge in [0.15, 0.2) is 5.72 Å². The number of carbonyl (C=O) groups is 2. The number of H-pyrrole nitrogens is 1. The minimum Gasteiger partial charge on any atom is -0.467 e. The lowest BCUT2D eigenvalue weighted by molar-refractivity contribution is -0.134. The average molecular weight is 404 g/mol. The van der Waals surface area contributed by atoms with Gasteiger partial charge in [0.2, 0.25) is 5.91 Å². The number of amides is 2. The molecule has 2 N–H and O–H groups in total. The lowest BCUT2D eigenvalue weighted by Crippen LogP contribution is -2.61. The molecule has 2 aliphatic heterocycles. The molecule has 0 saturated carbocycles. The van der Waals surface area contributed by atoms with Gasteiger partial charge in [0.1, 0.15) is 5.75 Å². The summed E-state index contributed by atoms with van der Waals surface area (Å²) in [5.41, 5.74) is 0.0157. The van der Waals surface area contributed by atoms with E-state index in [0.717, 1.165) is 0 Å². The minimum absolute atomic E-state index is 0.0721. The Morgan fingerprint density at radius 3 is 2.53 bits per heavy atom. The van der Waals surface area contributed by atoms with Gasteiger partial charge in [-0.2, -0.15) is 5.10 Å². The number of rotatable bonds is 2. The number of fused-ring (bicyclic) bond motifs is 2. The second kappa shape index (κ2) is 6.98. The van der Waals surface area contributed by atoms with Crippen LogP contribution in [0.5, 0.6) is 5.75 Å². The number of para-hydroxylation sites is 1. The molecule has 3 heterocycles. The Labute approximate surface area is 171 Å². The largest absolute Gasteiger partial charge is 0.467 e. The Balaban J connectivity index is 1.30. The molecule has 1 spiro atoms. The van der Waals surface area contributed by atoms with Crippen LogP contribution in [0, 0.1) is 0 Å². The normalized spacial score (nSPS) is 17.3. The monoisotopic (exact) mass is 404 g/mol. The highest BCUT2D eigenvalue weighted by molar-refractivity contribution is 5.98. The van der Waals surface area contributed by atoms with Crippen LogP contribution in [-0.2, 0) is 11.2 Å². The van der Waals surface area contributed by atoms with Crippen molar-refractivity contribution in [1.82, 2.24) is 20.4 Å². The highest BCUT2D eigenvalue weighted by Gasteiger charge is 2.43. The maximum atomic E-state index is 12.9. The lowest BCUT2D eigenvalue weighted by atomic mass is 9.96. The standard InChI is InChI=1S/C22H20N4O4/c27-19(13-17-14-5-1-2-6-15(14)21(29)25-24-17)26-11-9-22(10-12-26)23-20(28)16-7-3-4-8-18(16)30-22/h1-8H,9-13H2,(H,23,28)(H,25,29). The van der Waals surface area contributed by atoms with Crippen molar-refractivity contribution in [2.45, 2.75) is 25.0 Å². The van der Waals surface area contributed by atoms with Crippen LogP contribution in [0.3, 0.4) is 0 Å². The molecule has 0 atom stereocenters. The van der Waals surface area contributed by atoms with Gasteiger partial charge in [-0.3, -0.25) is 14.4 Å². The van der Waals surface area contributed by atoms with Crippen LogP contribution in [0.2, 0.25) is 0 Å². The van der Waals surface area contributed by atoms with Gasteiger partial charge in [0.05, 0.1) is 23.1 Å². The van der Waals surface area contributed by atoms with E-state index in [2.05, 4.69) is 15.5 Å². The second-order valence-electron chi connectivity index (χ2n) is 7.65. The molecule has 2 amide bonds. The highest BCUT2D eigenvalue weighted by atomic mass is 16.5. The van der Waals surface area contributed by atoms with Gasteiger partial charge in [-0.05, 0) is 18.2 Å². The number of hydrogen-bond donors (Lipinski definition) is 2. The Kier molecular flexibility index (Phi) is 4.27. The van der Waals surface area contributed by atoms with Crippen molar-refractivity contribution in [1.29, 1.82) is 0 Å². The van der Waals surface area contributed by atoms with Crippen molar-refractivity contribution >= 4 is 22.6 Å². The molecule has 8 nitrogen and oxygen atoms in total. The smallest absolute Gasteiger partial charge is 0.272 e. The van der Waals surface area contributed by atoms with Crippen LogP contribution in [0.1, 0.15) is 28.9 Å². The first kappa shape index (κ1) is 18.4. The SMILES string of the molecule is O=C1NC2(CCN(C(=O)Cc3n[nH]c(=O)c4ccccc34)CC2)Oc2ccccc21. The van der Waals surface area contributed by atoms with Crippen LogP contribution in [0.15, 0.2) is 53.3 Å². The molecule has 2 aliphatic rings. The number of aromatic nitrogens is 2. The molecule has 30 heavy (non-hydrogen) atoms. The number of likely N-dealkylation sites (tertiary alicyclic amines) is 1. The fourth-order valence-corrected chi connectivity index (χ4v) is 4.16. The van der Waals surface area contributed by atoms with Gasteiger partial charge in [0, 0.05) is 31.3 Å². The fourth-order valence-electron chi connectivity index (χ4n) is 4.16. The number of aromatic amines is 1. The molecule has 1 saturated heterocycles. The van der Waals surface area contributed by atoms with Gasteiger partial charge in [-0.15, -0.1) is 0 Å². The molecular formula is C22H20N4O4. The molecule has 1 aromatic heterocycles. The molecule has 2 aromatic carbocycles. The molecule has 0 bridgehead atoms. The number of nitrogens with one attached hydrogen (secondary N) is 2.